The van der Waals surface area contributed by atoms with E-state index in [1.807, 2.05) is 12.1 Å². The van der Waals surface area contributed by atoms with Crippen LogP contribution in [-0.4, -0.2) is 25.5 Å². The van der Waals surface area contributed by atoms with Gasteiger partial charge in [0.1, 0.15) is 5.82 Å². The van der Waals surface area contributed by atoms with Gasteiger partial charge in [-0.3, -0.25) is 0 Å². The molecule has 0 amide bonds. The van der Waals surface area contributed by atoms with Gasteiger partial charge in [0, 0.05) is 16.3 Å². The van der Waals surface area contributed by atoms with Crippen LogP contribution >= 0.6 is 23.4 Å². The van der Waals surface area contributed by atoms with E-state index in [9.17, 15) is 4.39 Å². The average Bonchev–Trinajstić information content (AvgIpc) is 2.48. The van der Waals surface area contributed by atoms with Crippen molar-refractivity contribution in [2.24, 2.45) is 0 Å². The van der Waals surface area contributed by atoms with Crippen LogP contribution in [0.5, 0.6) is 0 Å². The zero-order chi connectivity index (χ0) is 15.7. The Labute approximate surface area is 151 Å². The van der Waals surface area contributed by atoms with E-state index in [0.29, 0.717) is 0 Å². The Morgan fingerprint density at radius 1 is 1.13 bits per heavy atom. The highest BCUT2D eigenvalue weighted by molar-refractivity contribution is 7.99. The van der Waals surface area contributed by atoms with E-state index in [-0.39, 0.29) is 23.2 Å². The smallest absolute Gasteiger partial charge is 0.142 e. The summed E-state index contributed by atoms with van der Waals surface area (Å²) in [5, 5.41) is 0.178. The molecule has 0 spiro atoms. The molecular formula is C18H17Cl2FNS-. The van der Waals surface area contributed by atoms with Crippen LogP contribution in [0.25, 0.3) is 5.57 Å². The van der Waals surface area contributed by atoms with E-state index in [2.05, 4.69) is 37.2 Å². The number of benzene rings is 2. The van der Waals surface area contributed by atoms with Gasteiger partial charge < -0.3 is 17.3 Å². The molecule has 0 bridgehead atoms. The minimum atomic E-state index is -0.361. The van der Waals surface area contributed by atoms with E-state index in [1.165, 1.54) is 11.6 Å². The molecule has 1 nitrogen and oxygen atoms in total. The van der Waals surface area contributed by atoms with Gasteiger partial charge in [0.2, 0.25) is 0 Å². The second-order valence-corrected chi connectivity index (χ2v) is 7.06. The van der Waals surface area contributed by atoms with Gasteiger partial charge in [0.05, 0.1) is 5.02 Å². The van der Waals surface area contributed by atoms with Gasteiger partial charge in [-0.1, -0.05) is 47.6 Å². The summed E-state index contributed by atoms with van der Waals surface area (Å²) < 4.78 is 13.8. The lowest BCUT2D eigenvalue weighted by Gasteiger charge is -2.23. The molecule has 0 fully saturated rings. The SMILES string of the molecule is CN(C)CC/C=C1\c2ccccc2Sc2cc(F)c(Cl)cc21.[Cl-]. The topological polar surface area (TPSA) is 3.24 Å². The maximum Gasteiger partial charge on any atom is 0.142 e. The van der Waals surface area contributed by atoms with Crippen molar-refractivity contribution in [3.63, 3.8) is 0 Å². The average molecular weight is 369 g/mol. The van der Waals surface area contributed by atoms with E-state index >= 15 is 0 Å². The Morgan fingerprint density at radius 2 is 1.87 bits per heavy atom. The van der Waals surface area contributed by atoms with Crippen molar-refractivity contribution in [1.82, 2.24) is 4.90 Å². The number of hydrogen-bond acceptors (Lipinski definition) is 2. The van der Waals surface area contributed by atoms with Crippen molar-refractivity contribution in [3.8, 4) is 0 Å². The van der Waals surface area contributed by atoms with Gasteiger partial charge >= 0.3 is 0 Å². The largest absolute Gasteiger partial charge is 1.00 e. The second kappa shape index (κ2) is 7.71. The van der Waals surface area contributed by atoms with Crippen LogP contribution in [0.3, 0.4) is 0 Å². The molecular weight excluding hydrogens is 352 g/mol. The normalized spacial score (nSPS) is 14.4. The number of hydrogen-bond donors (Lipinski definition) is 0. The molecule has 1 aliphatic heterocycles. The summed E-state index contributed by atoms with van der Waals surface area (Å²) in [6, 6.07) is 11.5. The van der Waals surface area contributed by atoms with E-state index in [0.717, 1.165) is 33.9 Å². The van der Waals surface area contributed by atoms with Gasteiger partial charge in [-0.2, -0.15) is 0 Å². The van der Waals surface area contributed by atoms with Crippen LogP contribution in [-0.2, 0) is 0 Å². The first-order valence-electron chi connectivity index (χ1n) is 7.18. The Balaban J connectivity index is 0.00000192. The van der Waals surface area contributed by atoms with Crippen LogP contribution in [0.2, 0.25) is 5.02 Å². The second-order valence-electron chi connectivity index (χ2n) is 5.57. The van der Waals surface area contributed by atoms with Gasteiger partial charge in [-0.25, -0.2) is 4.39 Å². The summed E-state index contributed by atoms with van der Waals surface area (Å²) in [4.78, 5) is 4.24. The lowest BCUT2D eigenvalue weighted by molar-refractivity contribution is -0.00000489. The number of halogens is 3. The summed E-state index contributed by atoms with van der Waals surface area (Å²) >= 11 is 7.60. The fraction of sp³-hybridized carbons (Fsp3) is 0.222. The maximum absolute atomic E-state index is 13.8. The first-order valence-corrected chi connectivity index (χ1v) is 8.37. The minimum absolute atomic E-state index is 0. The Hall–Kier alpha value is -1.00. The van der Waals surface area contributed by atoms with Crippen LogP contribution in [0.15, 0.2) is 52.3 Å². The molecule has 0 saturated heterocycles. The molecule has 5 heteroatoms. The van der Waals surface area contributed by atoms with Crippen LogP contribution in [0.1, 0.15) is 17.5 Å². The summed E-state index contributed by atoms with van der Waals surface area (Å²) in [6.45, 7) is 0.975. The molecule has 0 aromatic heterocycles. The molecule has 23 heavy (non-hydrogen) atoms. The van der Waals surface area contributed by atoms with Crippen molar-refractivity contribution < 1.29 is 16.8 Å². The van der Waals surface area contributed by atoms with Gasteiger partial charge in [-0.15, -0.1) is 0 Å². The highest BCUT2D eigenvalue weighted by atomic mass is 35.5. The number of nitrogens with zero attached hydrogens (tertiary/aromatic N) is 1. The summed E-state index contributed by atoms with van der Waals surface area (Å²) in [5.41, 5.74) is 3.36. The first kappa shape index (κ1) is 18.3. The molecule has 0 atom stereocenters. The predicted molar refractivity (Wildman–Crippen MR) is 92.2 cm³/mol. The molecule has 3 rings (SSSR count). The van der Waals surface area contributed by atoms with E-state index < -0.39 is 0 Å². The van der Waals surface area contributed by atoms with Gasteiger partial charge in [0.25, 0.3) is 0 Å². The molecule has 1 heterocycles. The van der Waals surface area contributed by atoms with Crippen molar-refractivity contribution in [2.75, 3.05) is 20.6 Å². The van der Waals surface area contributed by atoms with Gasteiger partial charge in [-0.05, 0) is 55.4 Å². The summed E-state index contributed by atoms with van der Waals surface area (Å²) in [7, 11) is 4.12. The lowest BCUT2D eigenvalue weighted by Crippen LogP contribution is -3.00. The highest BCUT2D eigenvalue weighted by Crippen LogP contribution is 2.46. The molecule has 122 valence electrons. The predicted octanol–water partition coefficient (Wildman–Crippen LogP) is 2.33. The molecule has 0 aliphatic carbocycles. The molecule has 0 unspecified atom stereocenters. The Kier molecular flexibility index (Phi) is 6.15. The van der Waals surface area contributed by atoms with Crippen molar-refractivity contribution in [3.05, 3.63) is 64.4 Å². The maximum atomic E-state index is 13.8. The highest BCUT2D eigenvalue weighted by Gasteiger charge is 2.22. The number of rotatable bonds is 3. The molecule has 0 N–H and O–H groups in total. The van der Waals surface area contributed by atoms with Gasteiger partial charge in [0.15, 0.2) is 0 Å². The third-order valence-corrected chi connectivity index (χ3v) is 5.06. The molecule has 2 aromatic rings. The van der Waals surface area contributed by atoms with E-state index in [4.69, 9.17) is 11.6 Å². The standard InChI is InChI=1S/C18H17ClFNS.ClH/c1-21(2)9-5-7-12-13-6-3-4-8-17(13)22-18-11-16(20)15(19)10-14(12)18;/h3-4,6-8,10-11H,5,9H2,1-2H3;1H/p-1/b12-7+;. The molecule has 1 aliphatic rings. The zero-order valence-electron chi connectivity index (χ0n) is 12.9. The third-order valence-electron chi connectivity index (χ3n) is 3.63. The Bertz CT molecular complexity index is 744. The van der Waals surface area contributed by atoms with Crippen LogP contribution in [0.4, 0.5) is 4.39 Å². The quantitative estimate of drug-likeness (QED) is 0.697. The molecule has 0 saturated carbocycles. The minimum Gasteiger partial charge on any atom is -1.00 e. The van der Waals surface area contributed by atoms with Crippen molar-refractivity contribution >= 4 is 28.9 Å². The van der Waals surface area contributed by atoms with Crippen LogP contribution < -0.4 is 12.4 Å². The fourth-order valence-electron chi connectivity index (χ4n) is 2.55. The first-order chi connectivity index (χ1) is 10.6. The van der Waals surface area contributed by atoms with E-state index in [1.54, 1.807) is 17.8 Å². The molecule has 0 radical (unpaired) electrons. The Morgan fingerprint density at radius 3 is 2.61 bits per heavy atom. The third kappa shape index (κ3) is 3.92. The summed E-state index contributed by atoms with van der Waals surface area (Å²) in [6.07, 6.45) is 3.17. The summed E-state index contributed by atoms with van der Waals surface area (Å²) in [5.74, 6) is -0.361. The number of fused-ring (bicyclic) bond motifs is 2. The van der Waals surface area contributed by atoms with Crippen LogP contribution in [0, 0.1) is 5.82 Å². The van der Waals surface area contributed by atoms with Crippen molar-refractivity contribution in [2.45, 2.75) is 16.2 Å². The van der Waals surface area contributed by atoms with Crippen molar-refractivity contribution in [1.29, 1.82) is 0 Å². The fourth-order valence-corrected chi connectivity index (χ4v) is 3.83. The lowest BCUT2D eigenvalue weighted by atomic mass is 9.96. The monoisotopic (exact) mass is 368 g/mol. The molecule has 2 aromatic carbocycles. The zero-order valence-corrected chi connectivity index (χ0v) is 15.3.